The van der Waals surface area contributed by atoms with Crippen LogP contribution in [-0.4, -0.2) is 13.2 Å². The standard InChI is InChI=1S/C18H28Cl2O2/c1-3-5-7-9-21-17-11-16(14-20)18(12-15(17)13-19)22-10-8-6-4-2/h11-12H,3-10,13-14H2,1-2H3. The van der Waals surface area contributed by atoms with Gasteiger partial charge in [-0.05, 0) is 25.0 Å². The summed E-state index contributed by atoms with van der Waals surface area (Å²) in [6, 6.07) is 3.96. The molecule has 1 rings (SSSR count). The van der Waals surface area contributed by atoms with Crippen molar-refractivity contribution < 1.29 is 9.47 Å². The number of hydrogen-bond donors (Lipinski definition) is 0. The van der Waals surface area contributed by atoms with E-state index in [1.54, 1.807) is 0 Å². The Morgan fingerprint density at radius 2 is 1.14 bits per heavy atom. The van der Waals surface area contributed by atoms with Crippen LogP contribution in [0.2, 0.25) is 0 Å². The molecule has 0 spiro atoms. The molecule has 2 nitrogen and oxygen atoms in total. The molecule has 126 valence electrons. The maximum absolute atomic E-state index is 6.05. The highest BCUT2D eigenvalue weighted by Crippen LogP contribution is 2.31. The van der Waals surface area contributed by atoms with Crippen molar-refractivity contribution in [1.82, 2.24) is 0 Å². The van der Waals surface area contributed by atoms with Gasteiger partial charge in [-0.2, -0.15) is 0 Å². The molecule has 0 atom stereocenters. The Kier molecular flexibility index (Phi) is 10.5. The van der Waals surface area contributed by atoms with Gasteiger partial charge in [-0.15, -0.1) is 23.2 Å². The molecule has 0 heterocycles. The average molecular weight is 347 g/mol. The topological polar surface area (TPSA) is 18.5 Å². The third kappa shape index (κ3) is 6.66. The van der Waals surface area contributed by atoms with Crippen LogP contribution in [0, 0.1) is 0 Å². The summed E-state index contributed by atoms with van der Waals surface area (Å²) in [5.74, 6) is 2.50. The molecule has 0 N–H and O–H groups in total. The van der Waals surface area contributed by atoms with Crippen molar-refractivity contribution in [2.75, 3.05) is 13.2 Å². The molecular weight excluding hydrogens is 319 g/mol. The summed E-state index contributed by atoms with van der Waals surface area (Å²) in [4.78, 5) is 0. The fourth-order valence-corrected chi connectivity index (χ4v) is 2.61. The van der Waals surface area contributed by atoms with E-state index in [1.165, 1.54) is 25.7 Å². The van der Waals surface area contributed by atoms with Gasteiger partial charge in [0, 0.05) is 11.1 Å². The van der Waals surface area contributed by atoms with Crippen LogP contribution in [0.3, 0.4) is 0 Å². The number of alkyl halides is 2. The molecular formula is C18H28Cl2O2. The van der Waals surface area contributed by atoms with E-state index in [4.69, 9.17) is 32.7 Å². The molecule has 0 saturated carbocycles. The first kappa shape index (κ1) is 19.4. The smallest absolute Gasteiger partial charge is 0.124 e. The second-order valence-electron chi connectivity index (χ2n) is 5.45. The van der Waals surface area contributed by atoms with E-state index >= 15 is 0 Å². The van der Waals surface area contributed by atoms with E-state index in [-0.39, 0.29) is 0 Å². The lowest BCUT2D eigenvalue weighted by molar-refractivity contribution is 0.294. The number of ether oxygens (including phenoxy) is 2. The number of hydrogen-bond acceptors (Lipinski definition) is 2. The van der Waals surface area contributed by atoms with Gasteiger partial charge >= 0.3 is 0 Å². The van der Waals surface area contributed by atoms with Gasteiger partial charge in [0.2, 0.25) is 0 Å². The second-order valence-corrected chi connectivity index (χ2v) is 5.98. The zero-order valence-electron chi connectivity index (χ0n) is 13.8. The van der Waals surface area contributed by atoms with Crippen LogP contribution in [0.4, 0.5) is 0 Å². The number of halogens is 2. The molecule has 4 heteroatoms. The minimum atomic E-state index is 0.414. The third-order valence-electron chi connectivity index (χ3n) is 3.54. The molecule has 0 aliphatic heterocycles. The van der Waals surface area contributed by atoms with Crippen LogP contribution in [-0.2, 0) is 11.8 Å². The van der Waals surface area contributed by atoms with E-state index in [0.29, 0.717) is 11.8 Å². The van der Waals surface area contributed by atoms with E-state index in [9.17, 15) is 0 Å². The molecule has 0 aliphatic rings. The number of unbranched alkanes of at least 4 members (excludes halogenated alkanes) is 4. The van der Waals surface area contributed by atoms with Gasteiger partial charge in [-0.25, -0.2) is 0 Å². The summed E-state index contributed by atoms with van der Waals surface area (Å²) in [6.45, 7) is 5.80. The quantitative estimate of drug-likeness (QED) is 0.326. The van der Waals surface area contributed by atoms with Crippen LogP contribution in [0.5, 0.6) is 11.5 Å². The Morgan fingerprint density at radius 1 is 0.727 bits per heavy atom. The normalized spacial score (nSPS) is 10.7. The zero-order valence-corrected chi connectivity index (χ0v) is 15.3. The lowest BCUT2D eigenvalue weighted by atomic mass is 10.1. The van der Waals surface area contributed by atoms with E-state index < -0.39 is 0 Å². The fourth-order valence-electron chi connectivity index (χ4n) is 2.19. The molecule has 22 heavy (non-hydrogen) atoms. The fraction of sp³-hybridized carbons (Fsp3) is 0.667. The molecule has 0 saturated heterocycles. The third-order valence-corrected chi connectivity index (χ3v) is 4.12. The predicted octanol–water partition coefficient (Wildman–Crippen LogP) is 6.30. The van der Waals surface area contributed by atoms with Crippen molar-refractivity contribution in [3.63, 3.8) is 0 Å². The summed E-state index contributed by atoms with van der Waals surface area (Å²) in [7, 11) is 0. The van der Waals surface area contributed by atoms with Crippen LogP contribution < -0.4 is 9.47 Å². The Balaban J connectivity index is 2.73. The lowest BCUT2D eigenvalue weighted by Crippen LogP contribution is -2.04. The van der Waals surface area contributed by atoms with Crippen molar-refractivity contribution in [3.05, 3.63) is 23.3 Å². The van der Waals surface area contributed by atoms with E-state index in [1.807, 2.05) is 12.1 Å². The van der Waals surface area contributed by atoms with Crippen molar-refractivity contribution >= 4 is 23.2 Å². The molecule has 0 amide bonds. The average Bonchev–Trinajstić information content (AvgIpc) is 2.55. The first-order chi connectivity index (χ1) is 10.8. The Bertz CT molecular complexity index is 382. The van der Waals surface area contributed by atoms with Gasteiger partial charge in [0.25, 0.3) is 0 Å². The summed E-state index contributed by atoms with van der Waals surface area (Å²) in [5.41, 5.74) is 1.94. The van der Waals surface area contributed by atoms with Gasteiger partial charge in [0.15, 0.2) is 0 Å². The van der Waals surface area contributed by atoms with Crippen LogP contribution in [0.25, 0.3) is 0 Å². The number of benzene rings is 1. The van der Waals surface area contributed by atoms with Crippen LogP contribution in [0.15, 0.2) is 12.1 Å². The monoisotopic (exact) mass is 346 g/mol. The molecule has 0 aliphatic carbocycles. The zero-order chi connectivity index (χ0) is 16.2. The first-order valence-electron chi connectivity index (χ1n) is 8.30. The molecule has 0 unspecified atom stereocenters. The summed E-state index contributed by atoms with van der Waals surface area (Å²) in [6.07, 6.45) is 6.84. The van der Waals surface area contributed by atoms with Crippen molar-refractivity contribution in [2.24, 2.45) is 0 Å². The van der Waals surface area contributed by atoms with E-state index in [2.05, 4.69) is 13.8 Å². The summed E-state index contributed by atoms with van der Waals surface area (Å²) >= 11 is 12.1. The maximum atomic E-state index is 6.05. The minimum Gasteiger partial charge on any atom is -0.493 e. The van der Waals surface area contributed by atoms with Gasteiger partial charge in [0.1, 0.15) is 11.5 Å². The molecule has 0 aromatic heterocycles. The van der Waals surface area contributed by atoms with Gasteiger partial charge in [0.05, 0.1) is 25.0 Å². The predicted molar refractivity (Wildman–Crippen MR) is 95.6 cm³/mol. The first-order valence-corrected chi connectivity index (χ1v) is 9.37. The highest BCUT2D eigenvalue weighted by molar-refractivity contribution is 6.18. The van der Waals surface area contributed by atoms with Gasteiger partial charge < -0.3 is 9.47 Å². The molecule has 1 aromatic carbocycles. The molecule has 0 fully saturated rings. The van der Waals surface area contributed by atoms with E-state index in [0.717, 1.165) is 48.7 Å². The van der Waals surface area contributed by atoms with Gasteiger partial charge in [-0.3, -0.25) is 0 Å². The lowest BCUT2D eigenvalue weighted by Gasteiger charge is -2.16. The maximum Gasteiger partial charge on any atom is 0.124 e. The Morgan fingerprint density at radius 3 is 1.45 bits per heavy atom. The second kappa shape index (κ2) is 11.9. The summed E-state index contributed by atoms with van der Waals surface area (Å²) < 4.78 is 11.7. The van der Waals surface area contributed by atoms with Crippen molar-refractivity contribution in [3.8, 4) is 11.5 Å². The molecule has 1 aromatic rings. The van der Waals surface area contributed by atoms with Gasteiger partial charge in [-0.1, -0.05) is 39.5 Å². The minimum absolute atomic E-state index is 0.414. The largest absolute Gasteiger partial charge is 0.493 e. The van der Waals surface area contributed by atoms with Crippen molar-refractivity contribution in [1.29, 1.82) is 0 Å². The Hall–Kier alpha value is -0.600. The molecule has 0 radical (unpaired) electrons. The Labute approximate surface area is 145 Å². The highest BCUT2D eigenvalue weighted by atomic mass is 35.5. The number of rotatable bonds is 12. The van der Waals surface area contributed by atoms with Crippen LogP contribution in [0.1, 0.15) is 63.5 Å². The molecule has 0 bridgehead atoms. The SMILES string of the molecule is CCCCCOc1cc(CCl)c(OCCCCC)cc1CCl. The van der Waals surface area contributed by atoms with Crippen LogP contribution >= 0.6 is 23.2 Å². The van der Waals surface area contributed by atoms with Crippen molar-refractivity contribution in [2.45, 2.75) is 64.1 Å². The summed E-state index contributed by atoms with van der Waals surface area (Å²) in [5, 5.41) is 0. The highest BCUT2D eigenvalue weighted by Gasteiger charge is 2.11.